The van der Waals surface area contributed by atoms with E-state index in [9.17, 15) is 0 Å². The average Bonchev–Trinajstić information content (AvgIpc) is 2.63. The molecule has 0 saturated carbocycles. The molecule has 0 aliphatic rings. The highest BCUT2D eigenvalue weighted by molar-refractivity contribution is 5.75. The van der Waals surface area contributed by atoms with Crippen LogP contribution in [0.1, 0.15) is 5.69 Å². The van der Waals surface area contributed by atoms with E-state index in [-0.39, 0.29) is 0 Å². The summed E-state index contributed by atoms with van der Waals surface area (Å²) in [4.78, 5) is 8.15. The minimum atomic E-state index is 0.390. The number of nitrogens with zero attached hydrogens (tertiary/aromatic N) is 3. The van der Waals surface area contributed by atoms with Crippen molar-refractivity contribution in [2.24, 2.45) is 0 Å². The quantitative estimate of drug-likeness (QED) is 0.656. The van der Waals surface area contributed by atoms with Crippen LogP contribution in [0.5, 0.6) is 0 Å². The Morgan fingerprint density at radius 3 is 3.14 bits per heavy atom. The van der Waals surface area contributed by atoms with Crippen molar-refractivity contribution < 1.29 is 4.74 Å². The van der Waals surface area contributed by atoms with E-state index in [0.29, 0.717) is 23.5 Å². The minimum absolute atomic E-state index is 0.390. The molecule has 0 bridgehead atoms. The average molecular weight is 188 g/mol. The number of nitrogens with one attached hydrogen (secondary N) is 1. The molecule has 5 heteroatoms. The number of methoxy groups -OCH3 is 1. The first-order chi connectivity index (χ1) is 6.92. The Hall–Kier alpha value is -1.93. The number of H-pyrrole nitrogens is 1. The van der Waals surface area contributed by atoms with Gasteiger partial charge in [0.2, 0.25) is 5.65 Å². The first-order valence-electron chi connectivity index (χ1n) is 4.04. The van der Waals surface area contributed by atoms with Gasteiger partial charge in [-0.1, -0.05) is 5.92 Å². The fraction of sp³-hybridized carbons (Fsp3) is 0.222. The molecule has 0 aliphatic carbocycles. The highest BCUT2D eigenvalue weighted by Gasteiger charge is 2.02. The van der Waals surface area contributed by atoms with Crippen molar-refractivity contribution in [3.63, 3.8) is 0 Å². The van der Waals surface area contributed by atoms with E-state index in [2.05, 4.69) is 32.0 Å². The van der Waals surface area contributed by atoms with Gasteiger partial charge < -0.3 is 4.74 Å². The highest BCUT2D eigenvalue weighted by Crippen LogP contribution is 2.07. The topological polar surface area (TPSA) is 63.7 Å². The van der Waals surface area contributed by atoms with Gasteiger partial charge in [-0.15, -0.1) is 0 Å². The number of fused-ring (bicyclic) bond motifs is 1. The SMILES string of the molecule is COCC#Cc1[nH]nc2nccnc12. The molecule has 70 valence electrons. The van der Waals surface area contributed by atoms with E-state index < -0.39 is 0 Å². The summed E-state index contributed by atoms with van der Waals surface area (Å²) < 4.78 is 4.81. The second kappa shape index (κ2) is 3.85. The van der Waals surface area contributed by atoms with Crippen LogP contribution in [0.25, 0.3) is 11.2 Å². The third kappa shape index (κ3) is 1.56. The summed E-state index contributed by atoms with van der Waals surface area (Å²) >= 11 is 0. The molecule has 5 nitrogen and oxygen atoms in total. The molecule has 0 spiro atoms. The van der Waals surface area contributed by atoms with Crippen LogP contribution in [0.2, 0.25) is 0 Å². The largest absolute Gasteiger partial charge is 0.372 e. The van der Waals surface area contributed by atoms with Crippen molar-refractivity contribution in [1.29, 1.82) is 0 Å². The van der Waals surface area contributed by atoms with Crippen LogP contribution in [0.15, 0.2) is 12.4 Å². The first-order valence-corrected chi connectivity index (χ1v) is 4.04. The predicted molar refractivity (Wildman–Crippen MR) is 50.4 cm³/mol. The molecule has 0 amide bonds. The van der Waals surface area contributed by atoms with Crippen molar-refractivity contribution in [3.05, 3.63) is 18.1 Å². The summed E-state index contributed by atoms with van der Waals surface area (Å²) in [6.45, 7) is 0.390. The molecule has 2 rings (SSSR count). The lowest BCUT2D eigenvalue weighted by Crippen LogP contribution is -1.83. The highest BCUT2D eigenvalue weighted by atomic mass is 16.5. The van der Waals surface area contributed by atoms with E-state index in [1.165, 1.54) is 0 Å². The summed E-state index contributed by atoms with van der Waals surface area (Å²) in [5.74, 6) is 5.69. The van der Waals surface area contributed by atoms with E-state index in [0.717, 1.165) is 0 Å². The first kappa shape index (κ1) is 8.66. The second-order valence-corrected chi connectivity index (χ2v) is 2.56. The van der Waals surface area contributed by atoms with Crippen LogP contribution < -0.4 is 0 Å². The molecule has 0 radical (unpaired) electrons. The smallest absolute Gasteiger partial charge is 0.200 e. The standard InChI is InChI=1S/C9H8N4O/c1-14-6-2-3-7-8-9(13-12-7)11-5-4-10-8/h4-5H,6H2,1H3,(H,11,12,13). The molecular weight excluding hydrogens is 180 g/mol. The third-order valence-electron chi connectivity index (χ3n) is 1.62. The molecule has 0 aliphatic heterocycles. The van der Waals surface area contributed by atoms with E-state index in [4.69, 9.17) is 4.74 Å². The Morgan fingerprint density at radius 1 is 1.43 bits per heavy atom. The summed E-state index contributed by atoms with van der Waals surface area (Å²) in [6, 6.07) is 0. The molecular formula is C9H8N4O. The van der Waals surface area contributed by atoms with Gasteiger partial charge in [-0.05, 0) is 5.92 Å². The van der Waals surface area contributed by atoms with Crippen molar-refractivity contribution in [2.45, 2.75) is 0 Å². The zero-order valence-corrected chi connectivity index (χ0v) is 7.61. The molecule has 2 heterocycles. The predicted octanol–water partition coefficient (Wildman–Crippen LogP) is 0.351. The van der Waals surface area contributed by atoms with Gasteiger partial charge in [0.05, 0.1) is 0 Å². The van der Waals surface area contributed by atoms with E-state index in [1.54, 1.807) is 19.5 Å². The number of ether oxygens (including phenoxy) is 1. The van der Waals surface area contributed by atoms with Crippen LogP contribution in [0.4, 0.5) is 0 Å². The Bertz CT molecular complexity index is 494. The van der Waals surface area contributed by atoms with Crippen LogP contribution in [-0.2, 0) is 4.74 Å². The molecule has 0 aromatic carbocycles. The monoisotopic (exact) mass is 188 g/mol. The maximum Gasteiger partial charge on any atom is 0.200 e. The number of aromatic nitrogens is 4. The minimum Gasteiger partial charge on any atom is -0.372 e. The molecule has 0 fully saturated rings. The van der Waals surface area contributed by atoms with Crippen LogP contribution in [0.3, 0.4) is 0 Å². The fourth-order valence-electron chi connectivity index (χ4n) is 1.03. The molecule has 0 atom stereocenters. The van der Waals surface area contributed by atoms with Gasteiger partial charge in [0.1, 0.15) is 17.8 Å². The normalized spacial score (nSPS) is 9.79. The summed E-state index contributed by atoms with van der Waals surface area (Å²) in [7, 11) is 1.60. The molecule has 0 unspecified atom stereocenters. The summed E-state index contributed by atoms with van der Waals surface area (Å²) in [5, 5.41) is 6.72. The molecule has 0 saturated heterocycles. The molecule has 2 aromatic rings. The summed E-state index contributed by atoms with van der Waals surface area (Å²) in [5.41, 5.74) is 1.94. The number of rotatable bonds is 1. The Kier molecular flexibility index (Phi) is 2.38. The van der Waals surface area contributed by atoms with Gasteiger partial charge in [-0.3, -0.25) is 5.10 Å². The lowest BCUT2D eigenvalue weighted by atomic mass is 10.4. The number of hydrogen-bond acceptors (Lipinski definition) is 4. The van der Waals surface area contributed by atoms with E-state index in [1.807, 2.05) is 0 Å². The van der Waals surface area contributed by atoms with Crippen molar-refractivity contribution in [3.8, 4) is 11.8 Å². The van der Waals surface area contributed by atoms with Gasteiger partial charge in [-0.2, -0.15) is 5.10 Å². The van der Waals surface area contributed by atoms with Crippen molar-refractivity contribution in [1.82, 2.24) is 20.2 Å². The Balaban J connectivity index is 2.40. The van der Waals surface area contributed by atoms with Crippen molar-refractivity contribution >= 4 is 11.2 Å². The van der Waals surface area contributed by atoms with Gasteiger partial charge in [-0.25, -0.2) is 9.97 Å². The van der Waals surface area contributed by atoms with Crippen molar-refractivity contribution in [2.75, 3.05) is 13.7 Å². The fourth-order valence-corrected chi connectivity index (χ4v) is 1.03. The molecule has 2 aromatic heterocycles. The second-order valence-electron chi connectivity index (χ2n) is 2.56. The Labute approximate surface area is 80.5 Å². The van der Waals surface area contributed by atoms with Crippen LogP contribution >= 0.6 is 0 Å². The van der Waals surface area contributed by atoms with Gasteiger partial charge in [0, 0.05) is 19.5 Å². The van der Waals surface area contributed by atoms with E-state index >= 15 is 0 Å². The Morgan fingerprint density at radius 2 is 2.29 bits per heavy atom. The molecule has 14 heavy (non-hydrogen) atoms. The number of aromatic amines is 1. The zero-order valence-electron chi connectivity index (χ0n) is 7.61. The summed E-state index contributed by atoms with van der Waals surface area (Å²) in [6.07, 6.45) is 3.20. The lowest BCUT2D eigenvalue weighted by molar-refractivity contribution is 0.240. The maximum absolute atomic E-state index is 4.81. The zero-order chi connectivity index (χ0) is 9.80. The molecule has 1 N–H and O–H groups in total. The van der Waals surface area contributed by atoms with Crippen LogP contribution in [0, 0.1) is 11.8 Å². The van der Waals surface area contributed by atoms with Gasteiger partial charge in [0.25, 0.3) is 0 Å². The van der Waals surface area contributed by atoms with Gasteiger partial charge in [0.15, 0.2) is 0 Å². The lowest BCUT2D eigenvalue weighted by Gasteiger charge is -1.85. The maximum atomic E-state index is 4.81. The third-order valence-corrected chi connectivity index (χ3v) is 1.62. The van der Waals surface area contributed by atoms with Crippen LogP contribution in [-0.4, -0.2) is 33.9 Å². The number of hydrogen-bond donors (Lipinski definition) is 1. The van der Waals surface area contributed by atoms with Gasteiger partial charge >= 0.3 is 0 Å².